The van der Waals surface area contributed by atoms with Gasteiger partial charge >= 0.3 is 6.11 Å². The van der Waals surface area contributed by atoms with E-state index in [0.717, 1.165) is 44.2 Å². The van der Waals surface area contributed by atoms with Gasteiger partial charge in [-0.05, 0) is 67.3 Å². The highest BCUT2D eigenvalue weighted by Gasteiger charge is 2.37. The van der Waals surface area contributed by atoms with E-state index in [0.29, 0.717) is 11.5 Å². The fourth-order valence-corrected chi connectivity index (χ4v) is 3.68. The predicted molar refractivity (Wildman–Crippen MR) is 92.2 cm³/mol. The third kappa shape index (κ3) is 4.28. The number of halogens is 6. The summed E-state index contributed by atoms with van der Waals surface area (Å²) in [7, 11) is 0. The first kappa shape index (κ1) is 20.6. The molecule has 0 radical (unpaired) electrons. The van der Waals surface area contributed by atoms with Gasteiger partial charge < -0.3 is 4.74 Å². The smallest absolute Gasteiger partial charge is 0.426 e. The van der Waals surface area contributed by atoms with Crippen LogP contribution in [-0.2, 0) is 6.11 Å². The van der Waals surface area contributed by atoms with Crippen LogP contribution in [0.4, 0.5) is 26.3 Å². The zero-order valence-corrected chi connectivity index (χ0v) is 15.3. The molecule has 1 nitrogen and oxygen atoms in total. The van der Waals surface area contributed by atoms with Gasteiger partial charge in [0, 0.05) is 0 Å². The van der Waals surface area contributed by atoms with Crippen LogP contribution in [0.3, 0.4) is 0 Å². The number of benzene rings is 2. The minimum Gasteiger partial charge on any atom is -0.426 e. The van der Waals surface area contributed by atoms with Crippen molar-refractivity contribution in [2.24, 2.45) is 5.92 Å². The maximum Gasteiger partial charge on any atom is 0.427 e. The topological polar surface area (TPSA) is 9.23 Å². The Kier molecular flexibility index (Phi) is 5.91. The summed E-state index contributed by atoms with van der Waals surface area (Å²) in [4.78, 5) is 0. The molecule has 1 fully saturated rings. The molecule has 0 unspecified atom stereocenters. The van der Waals surface area contributed by atoms with Crippen molar-refractivity contribution in [3.8, 4) is 5.75 Å². The Hall–Kier alpha value is -2.18. The number of rotatable bonds is 5. The third-order valence-corrected chi connectivity index (χ3v) is 5.41. The molecule has 0 bridgehead atoms. The summed E-state index contributed by atoms with van der Waals surface area (Å²) in [6.45, 7) is 2.13. The molecule has 152 valence electrons. The molecule has 0 heterocycles. The first-order valence-corrected chi connectivity index (χ1v) is 9.22. The standard InChI is InChI=1S/C21H20F6O/c1-2-12-3-5-13(6-4-12)14-7-8-19(16(22)9-14)28-21(26,27)15-10-17(23)20(25)18(24)11-15/h7-13H,2-6H2,1H3. The van der Waals surface area contributed by atoms with Crippen LogP contribution < -0.4 is 4.74 Å². The van der Waals surface area contributed by atoms with Crippen molar-refractivity contribution in [2.45, 2.75) is 51.1 Å². The second kappa shape index (κ2) is 8.05. The number of hydrogen-bond donors (Lipinski definition) is 0. The van der Waals surface area contributed by atoms with Gasteiger partial charge in [0.25, 0.3) is 0 Å². The van der Waals surface area contributed by atoms with E-state index in [1.165, 1.54) is 6.07 Å². The molecule has 0 spiro atoms. The van der Waals surface area contributed by atoms with Crippen molar-refractivity contribution in [2.75, 3.05) is 0 Å². The van der Waals surface area contributed by atoms with E-state index in [-0.39, 0.29) is 18.1 Å². The van der Waals surface area contributed by atoms with Gasteiger partial charge in [0.2, 0.25) is 0 Å². The maximum absolute atomic E-state index is 14.4. The van der Waals surface area contributed by atoms with E-state index in [1.54, 1.807) is 0 Å². The molecule has 7 heteroatoms. The van der Waals surface area contributed by atoms with Gasteiger partial charge in [-0.2, -0.15) is 8.78 Å². The molecule has 1 saturated carbocycles. The quantitative estimate of drug-likeness (QED) is 0.384. The van der Waals surface area contributed by atoms with E-state index < -0.39 is 40.7 Å². The molecule has 1 aliphatic rings. The Morgan fingerprint density at radius 1 is 0.893 bits per heavy atom. The summed E-state index contributed by atoms with van der Waals surface area (Å²) in [5, 5.41) is 0. The Bertz CT molecular complexity index is 820. The molecule has 3 rings (SSSR count). The van der Waals surface area contributed by atoms with Crippen LogP contribution in [0.15, 0.2) is 30.3 Å². The van der Waals surface area contributed by atoms with Crippen molar-refractivity contribution < 1.29 is 31.1 Å². The summed E-state index contributed by atoms with van der Waals surface area (Å²) in [5.74, 6) is -6.34. The molecule has 0 amide bonds. The van der Waals surface area contributed by atoms with E-state index >= 15 is 0 Å². The van der Waals surface area contributed by atoms with Crippen molar-refractivity contribution in [3.63, 3.8) is 0 Å². The molecule has 0 aliphatic heterocycles. The van der Waals surface area contributed by atoms with Crippen LogP contribution in [0.25, 0.3) is 0 Å². The minimum absolute atomic E-state index is 0.122. The van der Waals surface area contributed by atoms with Gasteiger partial charge in [0.1, 0.15) is 0 Å². The highest BCUT2D eigenvalue weighted by molar-refractivity contribution is 5.33. The molecule has 28 heavy (non-hydrogen) atoms. The summed E-state index contributed by atoms with van der Waals surface area (Å²) in [6, 6.07) is 4.01. The average molecular weight is 402 g/mol. The van der Waals surface area contributed by atoms with Crippen molar-refractivity contribution >= 4 is 0 Å². The van der Waals surface area contributed by atoms with Gasteiger partial charge in [-0.15, -0.1) is 0 Å². The van der Waals surface area contributed by atoms with Crippen molar-refractivity contribution in [1.82, 2.24) is 0 Å². The normalized spacial score (nSPS) is 20.2. The Morgan fingerprint density at radius 2 is 1.50 bits per heavy atom. The number of hydrogen-bond acceptors (Lipinski definition) is 1. The number of ether oxygens (including phenoxy) is 1. The van der Waals surface area contributed by atoms with Gasteiger partial charge in [-0.3, -0.25) is 0 Å². The van der Waals surface area contributed by atoms with Crippen molar-refractivity contribution in [1.29, 1.82) is 0 Å². The SMILES string of the molecule is CCC1CCC(c2ccc(OC(F)(F)c3cc(F)c(F)c(F)c3)c(F)c2)CC1. The molecule has 0 saturated heterocycles. The molecule has 0 aromatic heterocycles. The average Bonchev–Trinajstić information content (AvgIpc) is 2.67. The van der Waals surface area contributed by atoms with Crippen LogP contribution in [0, 0.1) is 29.2 Å². The van der Waals surface area contributed by atoms with Crippen molar-refractivity contribution in [3.05, 3.63) is 64.7 Å². The number of alkyl halides is 2. The van der Waals surface area contributed by atoms with Crippen LogP contribution >= 0.6 is 0 Å². The molecule has 0 atom stereocenters. The first-order chi connectivity index (χ1) is 13.2. The largest absolute Gasteiger partial charge is 0.427 e. The fourth-order valence-electron chi connectivity index (χ4n) is 3.68. The lowest BCUT2D eigenvalue weighted by Crippen LogP contribution is -2.23. The van der Waals surface area contributed by atoms with E-state index in [2.05, 4.69) is 11.7 Å². The Balaban J connectivity index is 1.77. The van der Waals surface area contributed by atoms with Crippen LogP contribution in [0.2, 0.25) is 0 Å². The maximum atomic E-state index is 14.4. The highest BCUT2D eigenvalue weighted by Crippen LogP contribution is 2.39. The zero-order chi connectivity index (χ0) is 20.5. The predicted octanol–water partition coefficient (Wildman–Crippen LogP) is 7.06. The summed E-state index contributed by atoms with van der Waals surface area (Å²) < 4.78 is 86.6. The second-order valence-electron chi connectivity index (χ2n) is 7.19. The summed E-state index contributed by atoms with van der Waals surface area (Å²) in [6.07, 6.45) is 0.761. The second-order valence-corrected chi connectivity index (χ2v) is 7.19. The molecule has 2 aromatic carbocycles. The molecule has 0 N–H and O–H groups in total. The summed E-state index contributed by atoms with van der Waals surface area (Å²) in [5.41, 5.74) is -0.535. The van der Waals surface area contributed by atoms with E-state index in [4.69, 9.17) is 0 Å². The van der Waals surface area contributed by atoms with Crippen LogP contribution in [0.1, 0.15) is 56.1 Å². The fraction of sp³-hybridized carbons (Fsp3) is 0.429. The lowest BCUT2D eigenvalue weighted by molar-refractivity contribution is -0.187. The summed E-state index contributed by atoms with van der Waals surface area (Å²) >= 11 is 0. The molecule has 1 aliphatic carbocycles. The van der Waals surface area contributed by atoms with Gasteiger partial charge in [0.15, 0.2) is 29.0 Å². The first-order valence-electron chi connectivity index (χ1n) is 9.22. The van der Waals surface area contributed by atoms with Gasteiger partial charge in [0.05, 0.1) is 5.56 Å². The van der Waals surface area contributed by atoms with E-state index in [9.17, 15) is 26.3 Å². The third-order valence-electron chi connectivity index (χ3n) is 5.41. The minimum atomic E-state index is -4.24. The Labute approximate surface area is 159 Å². The van der Waals surface area contributed by atoms with Crippen LogP contribution in [-0.4, -0.2) is 0 Å². The monoisotopic (exact) mass is 402 g/mol. The Morgan fingerprint density at radius 3 is 2.04 bits per heavy atom. The van der Waals surface area contributed by atoms with Gasteiger partial charge in [-0.25, -0.2) is 17.6 Å². The zero-order valence-electron chi connectivity index (χ0n) is 15.3. The lowest BCUT2D eigenvalue weighted by Gasteiger charge is -2.28. The van der Waals surface area contributed by atoms with E-state index in [1.807, 2.05) is 0 Å². The van der Waals surface area contributed by atoms with Crippen LogP contribution in [0.5, 0.6) is 5.75 Å². The molecular weight excluding hydrogens is 382 g/mol. The molecule has 2 aromatic rings. The molecular formula is C21H20F6O. The highest BCUT2D eigenvalue weighted by atomic mass is 19.3. The lowest BCUT2D eigenvalue weighted by atomic mass is 9.78. The van der Waals surface area contributed by atoms with Gasteiger partial charge in [-0.1, -0.05) is 19.4 Å².